The molecule has 0 fully saturated rings. The molecule has 0 aliphatic rings. The molecule has 0 unspecified atom stereocenters. The van der Waals surface area contributed by atoms with Gasteiger partial charge in [-0.15, -0.1) is 0 Å². The van der Waals surface area contributed by atoms with E-state index >= 15 is 0 Å². The smallest absolute Gasteiger partial charge is 0.161 e. The second-order valence-electron chi connectivity index (χ2n) is 3.93. The van der Waals surface area contributed by atoms with Gasteiger partial charge in [0, 0.05) is 18.3 Å². The van der Waals surface area contributed by atoms with Gasteiger partial charge in [0.05, 0.1) is 3.57 Å². The third kappa shape index (κ3) is 2.80. The van der Waals surface area contributed by atoms with Crippen LogP contribution in [-0.4, -0.2) is 16.5 Å². The summed E-state index contributed by atoms with van der Waals surface area (Å²) in [6.07, 6.45) is 2.86. The van der Waals surface area contributed by atoms with Crippen LogP contribution in [0.25, 0.3) is 11.4 Å². The number of anilines is 1. The highest BCUT2D eigenvalue weighted by Crippen LogP contribution is 2.23. The first kappa shape index (κ1) is 13.3. The molecule has 18 heavy (non-hydrogen) atoms. The van der Waals surface area contributed by atoms with Gasteiger partial charge in [0.1, 0.15) is 5.82 Å². The van der Waals surface area contributed by atoms with Crippen molar-refractivity contribution >= 4 is 28.4 Å². The lowest BCUT2D eigenvalue weighted by atomic mass is 10.0. The zero-order valence-corrected chi connectivity index (χ0v) is 12.7. The van der Waals surface area contributed by atoms with Crippen LogP contribution in [0.5, 0.6) is 0 Å². The van der Waals surface area contributed by atoms with E-state index in [0.29, 0.717) is 0 Å². The van der Waals surface area contributed by atoms with Crippen LogP contribution < -0.4 is 5.32 Å². The number of aromatic nitrogens is 2. The highest BCUT2D eigenvalue weighted by atomic mass is 127. The maximum atomic E-state index is 4.61. The Morgan fingerprint density at radius 1 is 1.22 bits per heavy atom. The minimum absolute atomic E-state index is 0.795. The normalized spacial score (nSPS) is 10.4. The van der Waals surface area contributed by atoms with Crippen molar-refractivity contribution in [1.82, 2.24) is 9.97 Å². The van der Waals surface area contributed by atoms with Crippen LogP contribution in [0.3, 0.4) is 0 Å². The van der Waals surface area contributed by atoms with Crippen molar-refractivity contribution in [1.29, 1.82) is 0 Å². The summed E-state index contributed by atoms with van der Waals surface area (Å²) in [7, 11) is 0. The first-order chi connectivity index (χ1) is 8.76. The Kier molecular flexibility index (Phi) is 4.52. The van der Waals surface area contributed by atoms with Crippen LogP contribution in [0.1, 0.15) is 19.4 Å². The third-order valence-corrected chi connectivity index (χ3v) is 3.52. The number of nitrogens with zero attached hydrogens (tertiary/aromatic N) is 2. The van der Waals surface area contributed by atoms with Crippen LogP contribution in [0.4, 0.5) is 5.82 Å². The van der Waals surface area contributed by atoms with Gasteiger partial charge in [-0.3, -0.25) is 0 Å². The molecule has 0 aliphatic heterocycles. The van der Waals surface area contributed by atoms with E-state index in [0.717, 1.165) is 33.7 Å². The van der Waals surface area contributed by atoms with E-state index in [4.69, 9.17) is 0 Å². The summed E-state index contributed by atoms with van der Waals surface area (Å²) in [5, 5.41) is 3.26. The van der Waals surface area contributed by atoms with Crippen molar-refractivity contribution in [2.45, 2.75) is 20.3 Å². The van der Waals surface area contributed by atoms with Crippen molar-refractivity contribution in [3.8, 4) is 11.4 Å². The molecule has 0 aliphatic carbocycles. The average molecular weight is 353 g/mol. The fourth-order valence-electron chi connectivity index (χ4n) is 1.84. The predicted molar refractivity (Wildman–Crippen MR) is 83.7 cm³/mol. The van der Waals surface area contributed by atoms with Gasteiger partial charge in [-0.1, -0.05) is 31.2 Å². The Bertz CT molecular complexity index is 540. The summed E-state index contributed by atoms with van der Waals surface area (Å²) in [6, 6.07) is 8.29. The molecule has 2 aromatic rings. The quantitative estimate of drug-likeness (QED) is 0.851. The van der Waals surface area contributed by atoms with E-state index < -0.39 is 0 Å². The molecule has 0 spiro atoms. The SMILES string of the molecule is CCNc1nc(-c2ccccc2CC)ncc1I. The van der Waals surface area contributed by atoms with Crippen molar-refractivity contribution in [3.05, 3.63) is 39.6 Å². The van der Waals surface area contributed by atoms with Crippen molar-refractivity contribution < 1.29 is 0 Å². The molecule has 1 aromatic carbocycles. The largest absolute Gasteiger partial charge is 0.369 e. The maximum Gasteiger partial charge on any atom is 0.161 e. The standard InChI is InChI=1S/C14H16IN3/c1-3-10-7-5-6-8-11(10)13-17-9-12(15)14(18-13)16-4-2/h5-9H,3-4H2,1-2H3,(H,16,17,18). The number of halogens is 1. The zero-order valence-electron chi connectivity index (χ0n) is 10.6. The molecule has 2 rings (SSSR count). The summed E-state index contributed by atoms with van der Waals surface area (Å²) in [6.45, 7) is 5.08. The topological polar surface area (TPSA) is 37.8 Å². The number of hydrogen-bond acceptors (Lipinski definition) is 3. The molecule has 1 aromatic heterocycles. The predicted octanol–water partition coefficient (Wildman–Crippen LogP) is 3.74. The van der Waals surface area contributed by atoms with E-state index in [1.54, 1.807) is 0 Å². The first-order valence-corrected chi connectivity index (χ1v) is 7.18. The monoisotopic (exact) mass is 353 g/mol. The second kappa shape index (κ2) is 6.13. The minimum atomic E-state index is 0.795. The van der Waals surface area contributed by atoms with E-state index in [2.05, 4.69) is 69.9 Å². The zero-order chi connectivity index (χ0) is 13.0. The molecule has 0 bridgehead atoms. The molecule has 0 saturated heterocycles. The summed E-state index contributed by atoms with van der Waals surface area (Å²) in [4.78, 5) is 9.05. The molecule has 0 saturated carbocycles. The molecular formula is C14H16IN3. The Morgan fingerprint density at radius 2 is 2.00 bits per heavy atom. The van der Waals surface area contributed by atoms with Crippen LogP contribution in [0.2, 0.25) is 0 Å². The van der Waals surface area contributed by atoms with Gasteiger partial charge in [-0.05, 0) is 41.5 Å². The second-order valence-corrected chi connectivity index (χ2v) is 5.09. The van der Waals surface area contributed by atoms with Gasteiger partial charge >= 0.3 is 0 Å². The third-order valence-electron chi connectivity index (χ3n) is 2.73. The molecule has 0 amide bonds. The van der Waals surface area contributed by atoms with E-state index in [1.165, 1.54) is 5.56 Å². The van der Waals surface area contributed by atoms with Crippen molar-refractivity contribution in [2.75, 3.05) is 11.9 Å². The lowest BCUT2D eigenvalue weighted by molar-refractivity contribution is 1.08. The molecule has 3 nitrogen and oxygen atoms in total. The van der Waals surface area contributed by atoms with Crippen LogP contribution >= 0.6 is 22.6 Å². The van der Waals surface area contributed by atoms with Gasteiger partial charge in [0.2, 0.25) is 0 Å². The van der Waals surface area contributed by atoms with Gasteiger partial charge < -0.3 is 5.32 Å². The number of aryl methyl sites for hydroxylation is 1. The summed E-state index contributed by atoms with van der Waals surface area (Å²) in [5.41, 5.74) is 2.40. The van der Waals surface area contributed by atoms with E-state index in [-0.39, 0.29) is 0 Å². The van der Waals surface area contributed by atoms with Gasteiger partial charge in [-0.2, -0.15) is 0 Å². The first-order valence-electron chi connectivity index (χ1n) is 6.11. The van der Waals surface area contributed by atoms with Crippen LogP contribution in [-0.2, 0) is 6.42 Å². The average Bonchev–Trinajstić information content (AvgIpc) is 2.41. The Morgan fingerprint density at radius 3 is 2.72 bits per heavy atom. The summed E-state index contributed by atoms with van der Waals surface area (Å²) < 4.78 is 1.05. The number of hydrogen-bond donors (Lipinski definition) is 1. The summed E-state index contributed by atoms with van der Waals surface area (Å²) >= 11 is 2.25. The van der Waals surface area contributed by atoms with Gasteiger partial charge in [0.15, 0.2) is 5.82 Å². The van der Waals surface area contributed by atoms with Gasteiger partial charge in [-0.25, -0.2) is 9.97 Å². The lowest BCUT2D eigenvalue weighted by Gasteiger charge is -2.09. The fraction of sp³-hybridized carbons (Fsp3) is 0.286. The van der Waals surface area contributed by atoms with E-state index in [1.807, 2.05) is 12.3 Å². The highest BCUT2D eigenvalue weighted by Gasteiger charge is 2.09. The van der Waals surface area contributed by atoms with Crippen molar-refractivity contribution in [3.63, 3.8) is 0 Å². The highest BCUT2D eigenvalue weighted by molar-refractivity contribution is 14.1. The number of rotatable bonds is 4. The molecule has 4 heteroatoms. The molecule has 0 radical (unpaired) electrons. The fourth-order valence-corrected chi connectivity index (χ4v) is 2.29. The van der Waals surface area contributed by atoms with Gasteiger partial charge in [0.25, 0.3) is 0 Å². The number of nitrogens with one attached hydrogen (secondary N) is 1. The Hall–Kier alpha value is -1.17. The van der Waals surface area contributed by atoms with Crippen molar-refractivity contribution in [2.24, 2.45) is 0 Å². The molecular weight excluding hydrogens is 337 g/mol. The molecule has 0 atom stereocenters. The maximum absolute atomic E-state index is 4.61. The Balaban J connectivity index is 2.47. The molecule has 94 valence electrons. The van der Waals surface area contributed by atoms with E-state index in [9.17, 15) is 0 Å². The van der Waals surface area contributed by atoms with Crippen LogP contribution in [0, 0.1) is 3.57 Å². The molecule has 1 heterocycles. The lowest BCUT2D eigenvalue weighted by Crippen LogP contribution is -2.04. The minimum Gasteiger partial charge on any atom is -0.369 e. The number of benzene rings is 1. The summed E-state index contributed by atoms with van der Waals surface area (Å²) in [5.74, 6) is 1.71. The Labute approximate surface area is 121 Å². The van der Waals surface area contributed by atoms with Crippen LogP contribution in [0.15, 0.2) is 30.5 Å². The molecule has 1 N–H and O–H groups in total.